The second kappa shape index (κ2) is 6.75. The largest absolute Gasteiger partial charge is 0.494 e. The van der Waals surface area contributed by atoms with Gasteiger partial charge in [-0.05, 0) is 31.0 Å². The lowest BCUT2D eigenvalue weighted by molar-refractivity contribution is 0.177. The number of nitrogens with one attached hydrogen (secondary N) is 1. The predicted octanol–water partition coefficient (Wildman–Crippen LogP) is 1.26. The maximum atomic E-state index is 10.5. The highest BCUT2D eigenvalue weighted by Crippen LogP contribution is 2.13. The fourth-order valence-electron chi connectivity index (χ4n) is 1.51. The second-order valence-corrected chi connectivity index (χ2v) is 3.61. The molecule has 17 heavy (non-hydrogen) atoms. The molecule has 1 unspecified atom stereocenters. The van der Waals surface area contributed by atoms with Gasteiger partial charge in [-0.3, -0.25) is 0 Å². The molecule has 1 atom stereocenters. The average molecular weight is 239 g/mol. The molecule has 1 aromatic rings. The number of aliphatic hydroxyl groups excluding tert-OH is 1. The van der Waals surface area contributed by atoms with Crippen molar-refractivity contribution in [1.82, 2.24) is 5.32 Å². The van der Waals surface area contributed by atoms with Gasteiger partial charge in [-0.25, -0.2) is 4.79 Å². The van der Waals surface area contributed by atoms with E-state index in [4.69, 9.17) is 14.9 Å². The first-order chi connectivity index (χ1) is 8.15. The van der Waals surface area contributed by atoms with E-state index >= 15 is 0 Å². The van der Waals surface area contributed by atoms with E-state index in [1.165, 1.54) is 0 Å². The van der Waals surface area contributed by atoms with Crippen molar-refractivity contribution in [2.75, 3.05) is 13.2 Å². The van der Waals surface area contributed by atoms with Gasteiger partial charge in [0.2, 0.25) is 0 Å². The Balaban J connectivity index is 2.57. The highest BCUT2D eigenvalue weighted by atomic mass is 16.5. The summed E-state index contributed by atoms with van der Waals surface area (Å²) in [5.74, 6) is 0.781. The van der Waals surface area contributed by atoms with Crippen molar-refractivity contribution in [1.29, 1.82) is 0 Å². The van der Waals surface area contributed by atoms with Crippen molar-refractivity contribution in [3.8, 4) is 5.75 Å². The number of carbonyl (C=O) groups is 1. The first-order valence-electron chi connectivity index (χ1n) is 5.47. The third kappa shape index (κ3) is 4.74. The topological polar surface area (TPSA) is 78.8 Å². The summed E-state index contributed by atoms with van der Waals surface area (Å²) in [6.45, 7) is 2.30. The van der Waals surface area contributed by atoms with Gasteiger partial charge in [-0.1, -0.05) is 12.1 Å². The minimum Gasteiger partial charge on any atom is -0.494 e. The molecule has 1 aromatic carbocycles. The van der Waals surface area contributed by atoms with Crippen LogP contribution < -0.4 is 10.1 Å². The molecule has 1 rings (SSSR count). The van der Waals surface area contributed by atoms with Crippen LogP contribution in [0.4, 0.5) is 4.79 Å². The predicted molar refractivity (Wildman–Crippen MR) is 63.3 cm³/mol. The van der Waals surface area contributed by atoms with Crippen LogP contribution >= 0.6 is 0 Å². The van der Waals surface area contributed by atoms with Crippen molar-refractivity contribution in [2.24, 2.45) is 0 Å². The van der Waals surface area contributed by atoms with Gasteiger partial charge in [0.15, 0.2) is 0 Å². The highest BCUT2D eigenvalue weighted by Gasteiger charge is 2.10. The molecule has 5 nitrogen and oxygen atoms in total. The van der Waals surface area contributed by atoms with Crippen molar-refractivity contribution in [3.63, 3.8) is 0 Å². The molecule has 0 saturated carbocycles. The Morgan fingerprint density at radius 3 is 2.53 bits per heavy atom. The molecule has 0 aromatic heterocycles. The fourth-order valence-corrected chi connectivity index (χ4v) is 1.51. The number of carboxylic acid groups (broad SMARTS) is 1. The van der Waals surface area contributed by atoms with E-state index in [1.54, 1.807) is 0 Å². The minimum absolute atomic E-state index is 0.223. The number of amides is 1. The van der Waals surface area contributed by atoms with E-state index < -0.39 is 12.1 Å². The van der Waals surface area contributed by atoms with Crippen molar-refractivity contribution < 1.29 is 19.7 Å². The van der Waals surface area contributed by atoms with Gasteiger partial charge in [0, 0.05) is 0 Å². The van der Waals surface area contributed by atoms with Crippen molar-refractivity contribution >= 4 is 6.09 Å². The summed E-state index contributed by atoms with van der Waals surface area (Å²) in [5.41, 5.74) is 0.946. The number of rotatable bonds is 6. The summed E-state index contributed by atoms with van der Waals surface area (Å²) in [4.78, 5) is 10.5. The Hall–Kier alpha value is -1.75. The van der Waals surface area contributed by atoms with E-state index in [2.05, 4.69) is 5.32 Å². The molecule has 5 heteroatoms. The number of benzene rings is 1. The zero-order valence-corrected chi connectivity index (χ0v) is 9.72. The number of hydrogen-bond donors (Lipinski definition) is 3. The minimum atomic E-state index is -1.13. The number of hydrogen-bond acceptors (Lipinski definition) is 3. The van der Waals surface area contributed by atoms with Crippen LogP contribution in [-0.2, 0) is 6.42 Å². The first kappa shape index (κ1) is 13.3. The fraction of sp³-hybridized carbons (Fsp3) is 0.417. The molecule has 0 aliphatic carbocycles. The van der Waals surface area contributed by atoms with Gasteiger partial charge in [-0.15, -0.1) is 0 Å². The van der Waals surface area contributed by atoms with Crippen LogP contribution in [0.1, 0.15) is 12.5 Å². The van der Waals surface area contributed by atoms with Crippen LogP contribution in [0.2, 0.25) is 0 Å². The molecule has 0 saturated heterocycles. The maximum absolute atomic E-state index is 10.5. The number of aliphatic hydroxyl groups is 1. The molecule has 3 N–H and O–H groups in total. The zero-order chi connectivity index (χ0) is 12.7. The maximum Gasteiger partial charge on any atom is 0.404 e. The summed E-state index contributed by atoms with van der Waals surface area (Å²) < 4.78 is 5.30. The van der Waals surface area contributed by atoms with Crippen molar-refractivity contribution in [3.05, 3.63) is 29.8 Å². The SMILES string of the molecule is CCOc1ccc(CC(CO)NC(=O)O)cc1. The van der Waals surface area contributed by atoms with Gasteiger partial charge >= 0.3 is 6.09 Å². The number of ether oxygens (including phenoxy) is 1. The Bertz CT molecular complexity index is 350. The van der Waals surface area contributed by atoms with E-state index in [-0.39, 0.29) is 6.61 Å². The monoisotopic (exact) mass is 239 g/mol. The first-order valence-corrected chi connectivity index (χ1v) is 5.47. The third-order valence-corrected chi connectivity index (χ3v) is 2.26. The second-order valence-electron chi connectivity index (χ2n) is 3.61. The van der Waals surface area contributed by atoms with Crippen LogP contribution in [0.15, 0.2) is 24.3 Å². The molecule has 0 heterocycles. The molecule has 0 bridgehead atoms. The molecule has 94 valence electrons. The summed E-state index contributed by atoms with van der Waals surface area (Å²) in [5, 5.41) is 19.8. The van der Waals surface area contributed by atoms with Crippen LogP contribution in [0.25, 0.3) is 0 Å². The summed E-state index contributed by atoms with van der Waals surface area (Å²) >= 11 is 0. The Labute approximate surface area is 100 Å². The standard InChI is InChI=1S/C12H17NO4/c1-2-17-11-5-3-9(4-6-11)7-10(8-14)13-12(15)16/h3-6,10,13-14H,2,7-8H2,1H3,(H,15,16). The molecule has 0 fully saturated rings. The summed E-state index contributed by atoms with van der Waals surface area (Å²) in [6, 6.07) is 6.89. The zero-order valence-electron chi connectivity index (χ0n) is 9.72. The van der Waals surface area contributed by atoms with Gasteiger partial charge in [0.25, 0.3) is 0 Å². The molecular formula is C12H17NO4. The highest BCUT2D eigenvalue weighted by molar-refractivity contribution is 5.64. The lowest BCUT2D eigenvalue weighted by Crippen LogP contribution is -2.38. The summed E-state index contributed by atoms with van der Waals surface area (Å²) in [7, 11) is 0. The van der Waals surface area contributed by atoms with Gasteiger partial charge in [0.05, 0.1) is 19.3 Å². The molecule has 0 radical (unpaired) electrons. The molecule has 0 spiro atoms. The smallest absolute Gasteiger partial charge is 0.404 e. The lowest BCUT2D eigenvalue weighted by atomic mass is 10.1. The van der Waals surface area contributed by atoms with Gasteiger partial charge < -0.3 is 20.3 Å². The Morgan fingerprint density at radius 1 is 1.41 bits per heavy atom. The van der Waals surface area contributed by atoms with Crippen LogP contribution in [0, 0.1) is 0 Å². The quantitative estimate of drug-likeness (QED) is 0.698. The van der Waals surface area contributed by atoms with Gasteiger partial charge in [-0.2, -0.15) is 0 Å². The summed E-state index contributed by atoms with van der Waals surface area (Å²) in [6.07, 6.45) is -0.676. The van der Waals surface area contributed by atoms with E-state index in [0.29, 0.717) is 13.0 Å². The molecule has 0 aliphatic heterocycles. The van der Waals surface area contributed by atoms with Crippen LogP contribution in [0.3, 0.4) is 0 Å². The van der Waals surface area contributed by atoms with Gasteiger partial charge in [0.1, 0.15) is 5.75 Å². The average Bonchev–Trinajstić information content (AvgIpc) is 2.30. The third-order valence-electron chi connectivity index (χ3n) is 2.26. The van der Waals surface area contributed by atoms with E-state index in [0.717, 1.165) is 11.3 Å². The van der Waals surface area contributed by atoms with E-state index in [1.807, 2.05) is 31.2 Å². The lowest BCUT2D eigenvalue weighted by Gasteiger charge is -2.14. The van der Waals surface area contributed by atoms with Crippen molar-refractivity contribution in [2.45, 2.75) is 19.4 Å². The molecular weight excluding hydrogens is 222 g/mol. The normalized spacial score (nSPS) is 11.9. The molecule has 1 amide bonds. The van der Waals surface area contributed by atoms with E-state index in [9.17, 15) is 4.79 Å². The Kier molecular flexibility index (Phi) is 5.29. The van der Waals surface area contributed by atoms with Crippen LogP contribution in [0.5, 0.6) is 5.75 Å². The molecule has 0 aliphatic rings. The van der Waals surface area contributed by atoms with Crippen LogP contribution in [-0.4, -0.2) is 35.6 Å². The Morgan fingerprint density at radius 2 is 2.06 bits per heavy atom.